The molecule has 4 nitrogen and oxygen atoms in total. The van der Waals surface area contributed by atoms with E-state index in [1.165, 1.54) is 0 Å². The van der Waals surface area contributed by atoms with Crippen LogP contribution in [0.1, 0.15) is 15.9 Å². The van der Waals surface area contributed by atoms with E-state index in [2.05, 4.69) is 0 Å². The van der Waals surface area contributed by atoms with E-state index in [0.717, 1.165) is 5.56 Å². The molecule has 0 saturated heterocycles. The summed E-state index contributed by atoms with van der Waals surface area (Å²) in [6, 6.07) is 10.7. The van der Waals surface area contributed by atoms with Crippen molar-refractivity contribution in [1.82, 2.24) is 0 Å². The molecule has 0 aliphatic rings. The van der Waals surface area contributed by atoms with Gasteiger partial charge in [0, 0.05) is 5.56 Å². The molecule has 104 valence electrons. The first-order valence-corrected chi connectivity index (χ1v) is 6.13. The molecular formula is C16H16O4. The molecule has 2 aromatic rings. The highest BCUT2D eigenvalue weighted by Crippen LogP contribution is 2.40. The molecule has 0 spiro atoms. The van der Waals surface area contributed by atoms with Crippen LogP contribution in [0, 0.1) is 6.92 Å². The van der Waals surface area contributed by atoms with Crippen molar-refractivity contribution in [3.05, 3.63) is 47.5 Å². The molecule has 0 fully saturated rings. The maximum absolute atomic E-state index is 11.5. The van der Waals surface area contributed by atoms with Gasteiger partial charge in [-0.1, -0.05) is 23.8 Å². The zero-order valence-corrected chi connectivity index (χ0v) is 11.6. The molecule has 0 heterocycles. The maximum Gasteiger partial charge on any atom is 0.336 e. The number of carboxylic acids is 1. The first-order chi connectivity index (χ1) is 9.58. The van der Waals surface area contributed by atoms with Gasteiger partial charge in [0.25, 0.3) is 0 Å². The molecule has 1 N–H and O–H groups in total. The van der Waals surface area contributed by atoms with Gasteiger partial charge in [-0.3, -0.25) is 0 Å². The van der Waals surface area contributed by atoms with Crippen molar-refractivity contribution in [3.8, 4) is 22.6 Å². The Balaban J connectivity index is 2.77. The summed E-state index contributed by atoms with van der Waals surface area (Å²) in [6.07, 6.45) is 0. The first kappa shape index (κ1) is 13.9. The van der Waals surface area contributed by atoms with E-state index in [0.29, 0.717) is 22.6 Å². The second-order valence-corrected chi connectivity index (χ2v) is 4.39. The smallest absolute Gasteiger partial charge is 0.336 e. The van der Waals surface area contributed by atoms with Gasteiger partial charge in [0.2, 0.25) is 0 Å². The lowest BCUT2D eigenvalue weighted by Gasteiger charge is -2.15. The molecule has 0 radical (unpaired) electrons. The average molecular weight is 272 g/mol. The van der Waals surface area contributed by atoms with E-state index in [1.54, 1.807) is 44.6 Å². The summed E-state index contributed by atoms with van der Waals surface area (Å²) in [7, 11) is 3.10. The highest BCUT2D eigenvalue weighted by Gasteiger charge is 2.19. The number of hydrogen-bond acceptors (Lipinski definition) is 3. The van der Waals surface area contributed by atoms with Gasteiger partial charge in [-0.15, -0.1) is 0 Å². The van der Waals surface area contributed by atoms with E-state index in [4.69, 9.17) is 9.47 Å². The fourth-order valence-electron chi connectivity index (χ4n) is 2.17. The Morgan fingerprint density at radius 2 is 1.65 bits per heavy atom. The Hall–Kier alpha value is -2.49. The fraction of sp³-hybridized carbons (Fsp3) is 0.188. The van der Waals surface area contributed by atoms with Crippen LogP contribution in [0.15, 0.2) is 36.4 Å². The lowest BCUT2D eigenvalue weighted by atomic mass is 9.96. The van der Waals surface area contributed by atoms with Gasteiger partial charge in [-0.25, -0.2) is 4.79 Å². The zero-order chi connectivity index (χ0) is 14.7. The summed E-state index contributed by atoms with van der Waals surface area (Å²) < 4.78 is 10.7. The Bertz CT molecular complexity index is 625. The predicted octanol–water partition coefficient (Wildman–Crippen LogP) is 3.38. The lowest BCUT2D eigenvalue weighted by Crippen LogP contribution is -2.02. The van der Waals surface area contributed by atoms with Gasteiger partial charge in [0.1, 0.15) is 11.5 Å². The van der Waals surface area contributed by atoms with E-state index >= 15 is 0 Å². The summed E-state index contributed by atoms with van der Waals surface area (Å²) in [4.78, 5) is 11.5. The third-order valence-electron chi connectivity index (χ3n) is 3.10. The van der Waals surface area contributed by atoms with Crippen LogP contribution in [-0.2, 0) is 0 Å². The molecule has 0 bridgehead atoms. The number of carbonyl (C=O) groups is 1. The number of aryl methyl sites for hydroxylation is 1. The van der Waals surface area contributed by atoms with E-state index in [1.807, 2.05) is 13.0 Å². The largest absolute Gasteiger partial charge is 0.496 e. The van der Waals surface area contributed by atoms with Crippen LogP contribution in [0.4, 0.5) is 0 Å². The molecule has 2 aromatic carbocycles. The number of hydrogen-bond donors (Lipinski definition) is 1. The molecule has 0 amide bonds. The van der Waals surface area contributed by atoms with Gasteiger partial charge in [0.15, 0.2) is 0 Å². The van der Waals surface area contributed by atoms with Crippen LogP contribution in [0.2, 0.25) is 0 Å². The number of ether oxygens (including phenoxy) is 2. The molecular weight excluding hydrogens is 256 g/mol. The minimum Gasteiger partial charge on any atom is -0.496 e. The van der Waals surface area contributed by atoms with Gasteiger partial charge in [-0.2, -0.15) is 0 Å². The SMILES string of the molecule is COc1cccc(OC)c1-c1ccc(C)cc1C(=O)O. The predicted molar refractivity (Wildman–Crippen MR) is 76.7 cm³/mol. The normalized spacial score (nSPS) is 10.2. The number of methoxy groups -OCH3 is 2. The molecule has 0 saturated carbocycles. The van der Waals surface area contributed by atoms with Gasteiger partial charge in [0.05, 0.1) is 25.3 Å². The molecule has 0 aromatic heterocycles. The van der Waals surface area contributed by atoms with Crippen LogP contribution >= 0.6 is 0 Å². The molecule has 0 aliphatic carbocycles. The van der Waals surface area contributed by atoms with Crippen LogP contribution in [0.25, 0.3) is 11.1 Å². The van der Waals surface area contributed by atoms with E-state index < -0.39 is 5.97 Å². The fourth-order valence-corrected chi connectivity index (χ4v) is 2.17. The number of benzene rings is 2. The zero-order valence-electron chi connectivity index (χ0n) is 11.6. The third-order valence-corrected chi connectivity index (χ3v) is 3.10. The number of carboxylic acid groups (broad SMARTS) is 1. The summed E-state index contributed by atoms with van der Waals surface area (Å²) >= 11 is 0. The van der Waals surface area contributed by atoms with Crippen molar-refractivity contribution in [2.45, 2.75) is 6.92 Å². The van der Waals surface area contributed by atoms with Crippen molar-refractivity contribution in [1.29, 1.82) is 0 Å². The average Bonchev–Trinajstić information content (AvgIpc) is 2.46. The highest BCUT2D eigenvalue weighted by molar-refractivity contribution is 5.98. The summed E-state index contributed by atoms with van der Waals surface area (Å²) in [5.41, 5.74) is 2.35. The van der Waals surface area contributed by atoms with E-state index in [9.17, 15) is 9.90 Å². The molecule has 4 heteroatoms. The van der Waals surface area contributed by atoms with Gasteiger partial charge >= 0.3 is 5.97 Å². The van der Waals surface area contributed by atoms with Crippen LogP contribution in [0.5, 0.6) is 11.5 Å². The minimum atomic E-state index is -0.975. The molecule has 0 atom stereocenters. The Kier molecular flexibility index (Phi) is 3.94. The van der Waals surface area contributed by atoms with Crippen molar-refractivity contribution >= 4 is 5.97 Å². The van der Waals surface area contributed by atoms with Crippen LogP contribution < -0.4 is 9.47 Å². The van der Waals surface area contributed by atoms with Gasteiger partial charge in [-0.05, 0) is 25.1 Å². The van der Waals surface area contributed by atoms with Crippen molar-refractivity contribution < 1.29 is 19.4 Å². The standard InChI is InChI=1S/C16H16O4/c1-10-7-8-11(12(9-10)16(17)18)15-13(19-2)5-4-6-14(15)20-3/h4-9H,1-3H3,(H,17,18). The molecule has 0 aliphatic heterocycles. The van der Waals surface area contributed by atoms with Crippen LogP contribution in [-0.4, -0.2) is 25.3 Å². The maximum atomic E-state index is 11.5. The number of rotatable bonds is 4. The first-order valence-electron chi connectivity index (χ1n) is 6.13. The molecule has 20 heavy (non-hydrogen) atoms. The Morgan fingerprint density at radius 3 is 2.15 bits per heavy atom. The molecule has 0 unspecified atom stereocenters. The monoisotopic (exact) mass is 272 g/mol. The molecule has 2 rings (SSSR count). The van der Waals surface area contributed by atoms with Crippen molar-refractivity contribution in [3.63, 3.8) is 0 Å². The lowest BCUT2D eigenvalue weighted by molar-refractivity contribution is 0.0697. The summed E-state index contributed by atoms with van der Waals surface area (Å²) in [5, 5.41) is 9.40. The van der Waals surface area contributed by atoms with Crippen LogP contribution in [0.3, 0.4) is 0 Å². The second-order valence-electron chi connectivity index (χ2n) is 4.39. The number of aromatic carboxylic acids is 1. The topological polar surface area (TPSA) is 55.8 Å². The quantitative estimate of drug-likeness (QED) is 0.927. The van der Waals surface area contributed by atoms with Crippen molar-refractivity contribution in [2.75, 3.05) is 14.2 Å². The third kappa shape index (κ3) is 2.45. The second kappa shape index (κ2) is 5.65. The Labute approximate surface area is 117 Å². The van der Waals surface area contributed by atoms with E-state index in [-0.39, 0.29) is 5.56 Å². The van der Waals surface area contributed by atoms with Gasteiger partial charge < -0.3 is 14.6 Å². The Morgan fingerprint density at radius 1 is 1.05 bits per heavy atom. The summed E-state index contributed by atoms with van der Waals surface area (Å²) in [5.74, 6) is 0.183. The highest BCUT2D eigenvalue weighted by atomic mass is 16.5. The van der Waals surface area contributed by atoms with Crippen molar-refractivity contribution in [2.24, 2.45) is 0 Å². The summed E-state index contributed by atoms with van der Waals surface area (Å²) in [6.45, 7) is 1.86. The minimum absolute atomic E-state index is 0.229.